The quantitative estimate of drug-likeness (QED) is 0.721. The van der Waals surface area contributed by atoms with Gasteiger partial charge in [0.25, 0.3) is 11.8 Å². The minimum atomic E-state index is -0.350. The van der Waals surface area contributed by atoms with Crippen LogP contribution in [-0.2, 0) is 16.0 Å². The molecular formula is C21H25FN3O2+. The highest BCUT2D eigenvalue weighted by Gasteiger charge is 2.23. The second kappa shape index (κ2) is 8.77. The third-order valence-electron chi connectivity index (χ3n) is 4.76. The largest absolute Gasteiger partial charge is 0.344 e. The molecule has 0 saturated heterocycles. The summed E-state index contributed by atoms with van der Waals surface area (Å²) in [6.07, 6.45) is 3.05. The Labute approximate surface area is 158 Å². The van der Waals surface area contributed by atoms with E-state index in [2.05, 4.69) is 22.8 Å². The Kier molecular flexibility index (Phi) is 6.19. The number of anilines is 1. The number of benzene rings is 2. The number of likely N-dealkylation sites (N-methyl/N-ethyl adjacent to an activating group) is 1. The Morgan fingerprint density at radius 3 is 2.56 bits per heavy atom. The Hall–Kier alpha value is -2.73. The van der Waals surface area contributed by atoms with Crippen molar-refractivity contribution >= 4 is 17.5 Å². The van der Waals surface area contributed by atoms with Crippen molar-refractivity contribution < 1.29 is 18.9 Å². The molecule has 0 fully saturated rings. The number of hydrogen-bond donors (Lipinski definition) is 3. The highest BCUT2D eigenvalue weighted by atomic mass is 19.1. The molecule has 1 aliphatic rings. The van der Waals surface area contributed by atoms with Crippen molar-refractivity contribution in [3.05, 3.63) is 65.5 Å². The van der Waals surface area contributed by atoms with Crippen LogP contribution in [0.4, 0.5) is 10.1 Å². The molecule has 0 aromatic heterocycles. The van der Waals surface area contributed by atoms with Crippen LogP contribution in [0.1, 0.15) is 30.0 Å². The van der Waals surface area contributed by atoms with E-state index in [-0.39, 0.29) is 36.8 Å². The minimum absolute atomic E-state index is 0.0447. The summed E-state index contributed by atoms with van der Waals surface area (Å²) in [5, 5.41) is 5.81. The molecule has 0 spiro atoms. The number of nitrogens with one attached hydrogen (secondary N) is 3. The fourth-order valence-electron chi connectivity index (χ4n) is 3.50. The van der Waals surface area contributed by atoms with Gasteiger partial charge in [-0.3, -0.25) is 9.59 Å². The molecule has 6 heteroatoms. The lowest BCUT2D eigenvalue weighted by Crippen LogP contribution is -3.11. The monoisotopic (exact) mass is 370 g/mol. The number of amides is 2. The van der Waals surface area contributed by atoms with Gasteiger partial charge in [-0.2, -0.15) is 0 Å². The van der Waals surface area contributed by atoms with E-state index in [0.29, 0.717) is 5.69 Å². The van der Waals surface area contributed by atoms with Crippen molar-refractivity contribution in [2.24, 2.45) is 0 Å². The van der Waals surface area contributed by atoms with E-state index in [1.807, 2.05) is 12.1 Å². The fourth-order valence-corrected chi connectivity index (χ4v) is 3.50. The molecule has 5 nitrogen and oxygen atoms in total. The number of aryl methyl sites for hydroxylation is 1. The van der Waals surface area contributed by atoms with Crippen LogP contribution >= 0.6 is 0 Å². The SMILES string of the molecule is C[NH+](CC(=O)Nc1ccc(F)cc1)CC(=O)N[C@@H]1CCCc2ccccc21. The molecule has 3 N–H and O–H groups in total. The highest BCUT2D eigenvalue weighted by molar-refractivity contribution is 5.91. The maximum absolute atomic E-state index is 12.9. The van der Waals surface area contributed by atoms with Gasteiger partial charge in [0.1, 0.15) is 5.82 Å². The first kappa shape index (κ1) is 19.0. The predicted octanol–water partition coefficient (Wildman–Crippen LogP) is 1.47. The lowest BCUT2D eigenvalue weighted by Gasteiger charge is -2.26. The number of carbonyl (C=O) groups excluding carboxylic acids is 2. The molecule has 1 unspecified atom stereocenters. The van der Waals surface area contributed by atoms with E-state index in [9.17, 15) is 14.0 Å². The molecule has 2 aromatic carbocycles. The molecule has 0 saturated carbocycles. The molecule has 2 aromatic rings. The molecule has 0 radical (unpaired) electrons. The molecule has 0 heterocycles. The van der Waals surface area contributed by atoms with Gasteiger partial charge in [-0.25, -0.2) is 4.39 Å². The number of fused-ring (bicyclic) bond motifs is 1. The highest BCUT2D eigenvalue weighted by Crippen LogP contribution is 2.29. The third-order valence-corrected chi connectivity index (χ3v) is 4.76. The molecule has 2 atom stereocenters. The fraction of sp³-hybridized carbons (Fsp3) is 0.333. The van der Waals surface area contributed by atoms with Gasteiger partial charge in [-0.15, -0.1) is 0 Å². The summed E-state index contributed by atoms with van der Waals surface area (Å²) in [5.74, 6) is -0.629. The summed E-state index contributed by atoms with van der Waals surface area (Å²) < 4.78 is 12.9. The maximum atomic E-state index is 12.9. The number of quaternary nitrogens is 1. The average Bonchev–Trinajstić information content (AvgIpc) is 2.63. The van der Waals surface area contributed by atoms with Crippen LogP contribution in [0.3, 0.4) is 0 Å². The van der Waals surface area contributed by atoms with E-state index in [0.717, 1.165) is 24.2 Å². The molecule has 142 valence electrons. The van der Waals surface area contributed by atoms with Crippen LogP contribution in [0.25, 0.3) is 0 Å². The first-order valence-electron chi connectivity index (χ1n) is 9.25. The lowest BCUT2D eigenvalue weighted by atomic mass is 9.88. The van der Waals surface area contributed by atoms with Gasteiger partial charge in [-0.05, 0) is 54.7 Å². The van der Waals surface area contributed by atoms with Crippen molar-refractivity contribution in [1.82, 2.24) is 5.32 Å². The third kappa shape index (κ3) is 5.37. The number of rotatable bonds is 6. The van der Waals surface area contributed by atoms with E-state index in [1.54, 1.807) is 7.05 Å². The zero-order valence-corrected chi connectivity index (χ0v) is 15.4. The Balaban J connectivity index is 1.48. The number of hydrogen-bond acceptors (Lipinski definition) is 2. The second-order valence-electron chi connectivity index (χ2n) is 7.08. The van der Waals surface area contributed by atoms with Gasteiger partial charge in [0.2, 0.25) is 0 Å². The Bertz CT molecular complexity index is 807. The smallest absolute Gasteiger partial charge is 0.279 e. The Morgan fingerprint density at radius 2 is 1.78 bits per heavy atom. The van der Waals surface area contributed by atoms with Crippen molar-refractivity contribution in [2.45, 2.75) is 25.3 Å². The van der Waals surface area contributed by atoms with E-state index >= 15 is 0 Å². The first-order chi connectivity index (χ1) is 13.0. The summed E-state index contributed by atoms with van der Waals surface area (Å²) in [5.41, 5.74) is 3.04. The summed E-state index contributed by atoms with van der Waals surface area (Å²) >= 11 is 0. The minimum Gasteiger partial charge on any atom is -0.344 e. The zero-order valence-electron chi connectivity index (χ0n) is 15.4. The van der Waals surface area contributed by atoms with E-state index in [1.165, 1.54) is 35.4 Å². The molecule has 3 rings (SSSR count). The lowest BCUT2D eigenvalue weighted by molar-refractivity contribution is -0.862. The summed E-state index contributed by atoms with van der Waals surface area (Å²) in [7, 11) is 1.80. The molecule has 0 aliphatic heterocycles. The average molecular weight is 370 g/mol. The van der Waals surface area contributed by atoms with Crippen LogP contribution < -0.4 is 15.5 Å². The second-order valence-corrected chi connectivity index (χ2v) is 7.08. The number of carbonyl (C=O) groups is 2. The van der Waals surface area contributed by atoms with Crippen LogP contribution in [0.5, 0.6) is 0 Å². The topological polar surface area (TPSA) is 62.6 Å². The summed E-state index contributed by atoms with van der Waals surface area (Å²) in [4.78, 5) is 25.3. The summed E-state index contributed by atoms with van der Waals surface area (Å²) in [6, 6.07) is 13.9. The zero-order chi connectivity index (χ0) is 19.2. The van der Waals surface area contributed by atoms with Gasteiger partial charge in [-0.1, -0.05) is 24.3 Å². The molecular weight excluding hydrogens is 345 g/mol. The standard InChI is InChI=1S/C21H24FN3O2/c1-25(13-20(26)23-17-11-9-16(22)10-12-17)14-21(27)24-19-8-4-6-15-5-2-3-7-18(15)19/h2-3,5,7,9-12,19H,4,6,8,13-14H2,1H3,(H,23,26)(H,24,27)/p+1/t19-/m1/s1. The van der Waals surface area contributed by atoms with Gasteiger partial charge in [0.15, 0.2) is 13.1 Å². The molecule has 2 amide bonds. The van der Waals surface area contributed by atoms with Crippen molar-refractivity contribution in [1.29, 1.82) is 0 Å². The van der Waals surface area contributed by atoms with Gasteiger partial charge in [0.05, 0.1) is 13.1 Å². The summed E-state index contributed by atoms with van der Waals surface area (Å²) in [6.45, 7) is 0.377. The van der Waals surface area contributed by atoms with Crippen LogP contribution in [-0.4, -0.2) is 32.0 Å². The van der Waals surface area contributed by atoms with Crippen molar-refractivity contribution in [3.8, 4) is 0 Å². The molecule has 0 bridgehead atoms. The van der Waals surface area contributed by atoms with Gasteiger partial charge in [0, 0.05) is 5.69 Å². The van der Waals surface area contributed by atoms with Crippen molar-refractivity contribution in [3.63, 3.8) is 0 Å². The number of halogens is 1. The van der Waals surface area contributed by atoms with E-state index in [4.69, 9.17) is 0 Å². The van der Waals surface area contributed by atoms with Gasteiger partial charge >= 0.3 is 0 Å². The van der Waals surface area contributed by atoms with Crippen LogP contribution in [0, 0.1) is 5.82 Å². The van der Waals surface area contributed by atoms with Gasteiger partial charge < -0.3 is 15.5 Å². The Morgan fingerprint density at radius 1 is 1.07 bits per heavy atom. The van der Waals surface area contributed by atoms with E-state index < -0.39 is 0 Å². The molecule has 27 heavy (non-hydrogen) atoms. The van der Waals surface area contributed by atoms with Crippen molar-refractivity contribution in [2.75, 3.05) is 25.5 Å². The van der Waals surface area contributed by atoms with Crippen LogP contribution in [0.15, 0.2) is 48.5 Å². The normalized spacial score (nSPS) is 16.9. The van der Waals surface area contributed by atoms with Crippen LogP contribution in [0.2, 0.25) is 0 Å². The first-order valence-corrected chi connectivity index (χ1v) is 9.25. The molecule has 1 aliphatic carbocycles. The maximum Gasteiger partial charge on any atom is 0.279 e. The predicted molar refractivity (Wildman–Crippen MR) is 102 cm³/mol.